The summed E-state index contributed by atoms with van der Waals surface area (Å²) in [5.74, 6) is 1.11. The zero-order valence-corrected chi connectivity index (χ0v) is 19.4. The molecule has 0 radical (unpaired) electrons. The second kappa shape index (κ2) is 10.2. The number of amides is 1. The number of carbonyl (C=O) groups is 1. The zero-order valence-electron chi connectivity index (χ0n) is 18.6. The molecule has 0 spiro atoms. The highest BCUT2D eigenvalue weighted by Gasteiger charge is 2.32. The summed E-state index contributed by atoms with van der Waals surface area (Å²) in [5.41, 5.74) is 0. The highest BCUT2D eigenvalue weighted by atomic mass is 32.2. The van der Waals surface area contributed by atoms with Crippen molar-refractivity contribution < 1.29 is 22.7 Å². The van der Waals surface area contributed by atoms with Crippen molar-refractivity contribution in [3.05, 3.63) is 66.7 Å². The van der Waals surface area contributed by atoms with Gasteiger partial charge in [0.2, 0.25) is 15.9 Å². The van der Waals surface area contributed by atoms with Gasteiger partial charge >= 0.3 is 0 Å². The van der Waals surface area contributed by atoms with Crippen LogP contribution in [-0.2, 0) is 14.8 Å². The van der Waals surface area contributed by atoms with Crippen molar-refractivity contribution in [3.63, 3.8) is 0 Å². The molecule has 0 bridgehead atoms. The quantitative estimate of drug-likeness (QED) is 0.512. The van der Waals surface area contributed by atoms with E-state index in [2.05, 4.69) is 5.32 Å². The number of nitrogens with zero attached hydrogens (tertiary/aromatic N) is 1. The molecule has 174 valence electrons. The first-order chi connectivity index (χ1) is 16.0. The van der Waals surface area contributed by atoms with Crippen molar-refractivity contribution in [1.29, 1.82) is 0 Å². The van der Waals surface area contributed by atoms with E-state index >= 15 is 0 Å². The summed E-state index contributed by atoms with van der Waals surface area (Å²) < 4.78 is 38.0. The second-order valence-corrected chi connectivity index (χ2v) is 9.94. The van der Waals surface area contributed by atoms with Crippen molar-refractivity contribution in [2.75, 3.05) is 33.4 Å². The van der Waals surface area contributed by atoms with Gasteiger partial charge in [0, 0.05) is 19.0 Å². The molecule has 0 aromatic heterocycles. The SMILES string of the molecule is COc1ccc(S(=O)(=O)N2CCC(C(=O)NCCOc3ccc4ccccc4c3)CC2)cc1. The number of hydrogen-bond donors (Lipinski definition) is 1. The molecule has 0 saturated carbocycles. The van der Waals surface area contributed by atoms with Crippen molar-refractivity contribution in [2.45, 2.75) is 17.7 Å². The lowest BCUT2D eigenvalue weighted by molar-refractivity contribution is -0.126. The first-order valence-electron chi connectivity index (χ1n) is 11.0. The number of benzene rings is 3. The van der Waals surface area contributed by atoms with Crippen molar-refractivity contribution >= 4 is 26.7 Å². The van der Waals surface area contributed by atoms with Crippen LogP contribution in [0.15, 0.2) is 71.6 Å². The molecule has 0 unspecified atom stereocenters. The van der Waals surface area contributed by atoms with Gasteiger partial charge in [0.1, 0.15) is 18.1 Å². The Morgan fingerprint density at radius 2 is 1.64 bits per heavy atom. The maximum atomic E-state index is 12.9. The molecule has 0 atom stereocenters. The summed E-state index contributed by atoms with van der Waals surface area (Å²) in [7, 11) is -2.04. The minimum Gasteiger partial charge on any atom is -0.497 e. The standard InChI is InChI=1S/C25H28N2O5S/c1-31-22-8-10-24(11-9-22)33(29,30)27-15-12-20(13-16-27)25(28)26-14-17-32-23-7-6-19-4-2-3-5-21(19)18-23/h2-11,18,20H,12-17H2,1H3,(H,26,28). The molecule has 1 N–H and O–H groups in total. The van der Waals surface area contributed by atoms with Crippen LogP contribution < -0.4 is 14.8 Å². The van der Waals surface area contributed by atoms with Crippen molar-refractivity contribution in [3.8, 4) is 11.5 Å². The smallest absolute Gasteiger partial charge is 0.243 e. The molecule has 0 aliphatic carbocycles. The lowest BCUT2D eigenvalue weighted by Crippen LogP contribution is -2.43. The molecule has 1 aliphatic rings. The van der Waals surface area contributed by atoms with Gasteiger partial charge in [-0.2, -0.15) is 4.31 Å². The fourth-order valence-corrected chi connectivity index (χ4v) is 5.47. The van der Waals surface area contributed by atoms with E-state index in [1.54, 1.807) is 24.3 Å². The summed E-state index contributed by atoms with van der Waals surface area (Å²) in [6.45, 7) is 1.41. The van der Waals surface area contributed by atoms with Crippen molar-refractivity contribution in [1.82, 2.24) is 9.62 Å². The Bertz CT molecular complexity index is 1200. The van der Waals surface area contributed by atoms with Crippen LogP contribution in [0.3, 0.4) is 0 Å². The number of ether oxygens (including phenoxy) is 2. The van der Waals surface area contributed by atoms with Gasteiger partial charge in [-0.15, -0.1) is 0 Å². The Kier molecular flexibility index (Phi) is 7.15. The minimum atomic E-state index is -3.58. The average Bonchev–Trinajstić information content (AvgIpc) is 2.86. The van der Waals surface area contributed by atoms with Crippen LogP contribution in [0.5, 0.6) is 11.5 Å². The molecule has 1 heterocycles. The van der Waals surface area contributed by atoms with Crippen LogP contribution in [0.25, 0.3) is 10.8 Å². The monoisotopic (exact) mass is 468 g/mol. The Labute approximate surface area is 194 Å². The zero-order chi connectivity index (χ0) is 23.3. The third-order valence-corrected chi connectivity index (χ3v) is 7.83. The Morgan fingerprint density at radius 1 is 0.970 bits per heavy atom. The first-order valence-corrected chi connectivity index (χ1v) is 12.4. The molecule has 1 aliphatic heterocycles. The Morgan fingerprint density at radius 3 is 2.33 bits per heavy atom. The number of sulfonamides is 1. The van der Waals surface area contributed by atoms with Gasteiger partial charge in [-0.3, -0.25) is 4.79 Å². The molecular formula is C25H28N2O5S. The topological polar surface area (TPSA) is 84.9 Å². The predicted molar refractivity (Wildman–Crippen MR) is 127 cm³/mol. The van der Waals surface area contributed by atoms with Gasteiger partial charge in [0.05, 0.1) is 18.6 Å². The van der Waals surface area contributed by atoms with E-state index in [1.165, 1.54) is 11.4 Å². The number of nitrogens with one attached hydrogen (secondary N) is 1. The third kappa shape index (κ3) is 5.46. The number of carbonyl (C=O) groups excluding carboxylic acids is 1. The normalized spacial score (nSPS) is 15.3. The number of piperidine rings is 1. The van der Waals surface area contributed by atoms with Gasteiger partial charge in [-0.25, -0.2) is 8.42 Å². The highest BCUT2D eigenvalue weighted by Crippen LogP contribution is 2.25. The largest absolute Gasteiger partial charge is 0.497 e. The minimum absolute atomic E-state index is 0.0568. The van der Waals surface area contributed by atoms with E-state index in [-0.39, 0.29) is 16.7 Å². The first kappa shape index (κ1) is 23.1. The van der Waals surface area contributed by atoms with Gasteiger partial charge in [0.15, 0.2) is 0 Å². The number of fused-ring (bicyclic) bond motifs is 1. The molecule has 8 heteroatoms. The molecule has 7 nitrogen and oxygen atoms in total. The lowest BCUT2D eigenvalue weighted by Gasteiger charge is -2.30. The number of hydrogen-bond acceptors (Lipinski definition) is 5. The van der Waals surface area contributed by atoms with E-state index in [4.69, 9.17) is 9.47 Å². The molecule has 1 amide bonds. The van der Waals surface area contributed by atoms with Crippen LogP contribution in [0.2, 0.25) is 0 Å². The van der Waals surface area contributed by atoms with Gasteiger partial charge in [-0.1, -0.05) is 30.3 Å². The van der Waals surface area contributed by atoms with Crippen LogP contribution in [-0.4, -0.2) is 52.0 Å². The highest BCUT2D eigenvalue weighted by molar-refractivity contribution is 7.89. The van der Waals surface area contributed by atoms with E-state index < -0.39 is 10.0 Å². The number of rotatable bonds is 8. The molecular weight excluding hydrogens is 440 g/mol. The van der Waals surface area contributed by atoms with Crippen LogP contribution in [0, 0.1) is 5.92 Å². The fraction of sp³-hybridized carbons (Fsp3) is 0.320. The second-order valence-electron chi connectivity index (χ2n) is 8.00. The Hall–Kier alpha value is -3.10. The van der Waals surface area contributed by atoms with E-state index in [1.807, 2.05) is 42.5 Å². The molecule has 1 fully saturated rings. The number of methoxy groups -OCH3 is 1. The molecule has 3 aromatic rings. The van der Waals surface area contributed by atoms with Gasteiger partial charge in [-0.05, 0) is 60.0 Å². The molecule has 3 aromatic carbocycles. The Balaban J connectivity index is 1.22. The third-order valence-electron chi connectivity index (χ3n) is 5.91. The average molecular weight is 469 g/mol. The maximum absolute atomic E-state index is 12.9. The maximum Gasteiger partial charge on any atom is 0.243 e. The summed E-state index contributed by atoms with van der Waals surface area (Å²) in [6, 6.07) is 20.3. The summed E-state index contributed by atoms with van der Waals surface area (Å²) in [6.07, 6.45) is 0.986. The summed E-state index contributed by atoms with van der Waals surface area (Å²) in [5, 5.41) is 5.17. The fourth-order valence-electron chi connectivity index (χ4n) is 4.00. The van der Waals surface area contributed by atoms with Gasteiger partial charge < -0.3 is 14.8 Å². The summed E-state index contributed by atoms with van der Waals surface area (Å²) in [4.78, 5) is 12.8. The molecule has 1 saturated heterocycles. The van der Waals surface area contributed by atoms with Crippen LogP contribution >= 0.6 is 0 Å². The molecule has 33 heavy (non-hydrogen) atoms. The van der Waals surface area contributed by atoms with Crippen molar-refractivity contribution in [2.24, 2.45) is 5.92 Å². The van der Waals surface area contributed by atoms with E-state index in [0.717, 1.165) is 16.5 Å². The summed E-state index contributed by atoms with van der Waals surface area (Å²) >= 11 is 0. The van der Waals surface area contributed by atoms with Crippen LogP contribution in [0.1, 0.15) is 12.8 Å². The van der Waals surface area contributed by atoms with Crippen LogP contribution in [0.4, 0.5) is 0 Å². The van der Waals surface area contributed by atoms with E-state index in [0.29, 0.717) is 44.8 Å². The predicted octanol–water partition coefficient (Wildman–Crippen LogP) is 3.44. The molecule has 4 rings (SSSR count). The van der Waals surface area contributed by atoms with Gasteiger partial charge in [0.25, 0.3) is 0 Å². The van der Waals surface area contributed by atoms with E-state index in [9.17, 15) is 13.2 Å². The lowest BCUT2D eigenvalue weighted by atomic mass is 9.97.